The number of rotatable bonds is 2. The maximum absolute atomic E-state index is 7.17. The van der Waals surface area contributed by atoms with Crippen LogP contribution in [0.4, 0.5) is 5.69 Å². The molecular weight excluding hydrogens is 342 g/mol. The van der Waals surface area contributed by atoms with Crippen molar-refractivity contribution in [1.29, 1.82) is 0 Å². The fraction of sp³-hybridized carbons (Fsp3) is 0.0714. The highest BCUT2D eigenvalue weighted by atomic mass is 79.9. The molecule has 2 aromatic carbocycles. The minimum absolute atomic E-state index is 0.686. The Balaban J connectivity index is 2.54. The van der Waals surface area contributed by atoms with Crippen LogP contribution in [-0.4, -0.2) is 0 Å². The van der Waals surface area contributed by atoms with Crippen LogP contribution in [0.2, 0.25) is 0 Å². The van der Waals surface area contributed by atoms with Gasteiger partial charge >= 0.3 is 0 Å². The topological polar surface area (TPSA) is 4.36 Å². The van der Waals surface area contributed by atoms with Crippen LogP contribution in [0.25, 0.3) is 16.0 Å². The molecule has 0 unspecified atom stereocenters. The van der Waals surface area contributed by atoms with Gasteiger partial charge < -0.3 is 0 Å². The van der Waals surface area contributed by atoms with E-state index in [1.165, 1.54) is 5.56 Å². The molecule has 2 aromatic rings. The molecule has 0 saturated heterocycles. The van der Waals surface area contributed by atoms with E-state index in [9.17, 15) is 0 Å². The van der Waals surface area contributed by atoms with Crippen molar-refractivity contribution in [3.8, 4) is 11.1 Å². The number of alkyl halides is 1. The molecule has 0 spiro atoms. The molecule has 0 aliphatic carbocycles. The van der Waals surface area contributed by atoms with Crippen molar-refractivity contribution >= 4 is 37.5 Å². The predicted molar refractivity (Wildman–Crippen MR) is 78.5 cm³/mol. The quantitative estimate of drug-likeness (QED) is 0.493. The first-order valence-electron chi connectivity index (χ1n) is 5.07. The van der Waals surface area contributed by atoms with Crippen LogP contribution in [0.5, 0.6) is 0 Å². The SMILES string of the molecule is [C-]#[N+]c1ccccc1-c1ccc(CBr)c(Br)c1. The average molecular weight is 351 g/mol. The number of halogens is 2. The van der Waals surface area contributed by atoms with Gasteiger partial charge in [0.15, 0.2) is 5.69 Å². The van der Waals surface area contributed by atoms with E-state index >= 15 is 0 Å². The second-order valence-corrected chi connectivity index (χ2v) is 4.98. The second kappa shape index (κ2) is 5.48. The molecular formula is C14H9Br2N. The van der Waals surface area contributed by atoms with Crippen LogP contribution >= 0.6 is 31.9 Å². The zero-order valence-corrected chi connectivity index (χ0v) is 12.1. The molecule has 84 valence electrons. The lowest BCUT2D eigenvalue weighted by Crippen LogP contribution is -1.83. The van der Waals surface area contributed by atoms with E-state index in [1.807, 2.05) is 30.3 Å². The van der Waals surface area contributed by atoms with Gasteiger partial charge in [-0.25, -0.2) is 4.85 Å². The largest absolute Gasteiger partial charge is 0.238 e. The maximum atomic E-state index is 7.17. The van der Waals surface area contributed by atoms with E-state index in [0.29, 0.717) is 5.69 Å². The highest BCUT2D eigenvalue weighted by Crippen LogP contribution is 2.33. The standard InChI is InChI=1S/C14H9Br2N/c1-17-14-5-3-2-4-12(14)10-6-7-11(9-15)13(16)8-10/h2-8H,9H2. The van der Waals surface area contributed by atoms with E-state index in [2.05, 4.69) is 48.8 Å². The third-order valence-electron chi connectivity index (χ3n) is 2.53. The molecule has 0 radical (unpaired) electrons. The smallest absolute Gasteiger partial charge is 0.194 e. The van der Waals surface area contributed by atoms with Crippen LogP contribution in [0, 0.1) is 6.57 Å². The number of hydrogen-bond acceptors (Lipinski definition) is 0. The van der Waals surface area contributed by atoms with Gasteiger partial charge in [-0.2, -0.15) is 0 Å². The van der Waals surface area contributed by atoms with Gasteiger partial charge in [0.1, 0.15) is 0 Å². The number of para-hydroxylation sites is 1. The number of nitrogens with zero attached hydrogens (tertiary/aromatic N) is 1. The summed E-state index contributed by atoms with van der Waals surface area (Å²) in [5, 5.41) is 0.818. The normalized spacial score (nSPS) is 9.94. The number of hydrogen-bond donors (Lipinski definition) is 0. The van der Waals surface area contributed by atoms with Gasteiger partial charge in [-0.3, -0.25) is 0 Å². The lowest BCUT2D eigenvalue weighted by Gasteiger charge is -2.07. The second-order valence-electron chi connectivity index (χ2n) is 3.57. The van der Waals surface area contributed by atoms with Crippen LogP contribution in [0.15, 0.2) is 46.9 Å². The first-order chi connectivity index (χ1) is 8.26. The first kappa shape index (κ1) is 12.3. The van der Waals surface area contributed by atoms with Gasteiger partial charge in [-0.15, -0.1) is 0 Å². The van der Waals surface area contributed by atoms with Crippen LogP contribution < -0.4 is 0 Å². The Morgan fingerprint density at radius 2 is 1.88 bits per heavy atom. The molecule has 0 aliphatic rings. The van der Waals surface area contributed by atoms with Gasteiger partial charge in [0.2, 0.25) is 0 Å². The summed E-state index contributed by atoms with van der Waals surface area (Å²) in [6, 6.07) is 13.8. The highest BCUT2D eigenvalue weighted by molar-refractivity contribution is 9.10. The molecule has 0 atom stereocenters. The summed E-state index contributed by atoms with van der Waals surface area (Å²) in [6.45, 7) is 7.17. The summed E-state index contributed by atoms with van der Waals surface area (Å²) < 4.78 is 1.06. The summed E-state index contributed by atoms with van der Waals surface area (Å²) in [6.07, 6.45) is 0. The lowest BCUT2D eigenvalue weighted by molar-refractivity contribution is 1.40. The van der Waals surface area contributed by atoms with Crippen molar-refractivity contribution in [2.45, 2.75) is 5.33 Å². The minimum Gasteiger partial charge on any atom is -0.238 e. The minimum atomic E-state index is 0.686. The molecule has 0 aromatic heterocycles. The summed E-state index contributed by atoms with van der Waals surface area (Å²) in [5.41, 5.74) is 3.93. The Morgan fingerprint density at radius 3 is 2.53 bits per heavy atom. The Hall–Kier alpha value is -1.11. The van der Waals surface area contributed by atoms with Crippen molar-refractivity contribution in [2.75, 3.05) is 0 Å². The van der Waals surface area contributed by atoms with E-state index < -0.39 is 0 Å². The molecule has 0 heterocycles. The van der Waals surface area contributed by atoms with Crippen molar-refractivity contribution in [3.63, 3.8) is 0 Å². The molecule has 2 rings (SSSR count). The van der Waals surface area contributed by atoms with Gasteiger partial charge in [-0.1, -0.05) is 68.3 Å². The molecule has 3 heteroatoms. The van der Waals surface area contributed by atoms with Crippen LogP contribution in [-0.2, 0) is 5.33 Å². The van der Waals surface area contributed by atoms with Gasteiger partial charge in [0.25, 0.3) is 0 Å². The first-order valence-corrected chi connectivity index (χ1v) is 6.99. The summed E-state index contributed by atoms with van der Waals surface area (Å²) in [4.78, 5) is 3.54. The van der Waals surface area contributed by atoms with Gasteiger partial charge in [0.05, 0.1) is 6.57 Å². The molecule has 17 heavy (non-hydrogen) atoms. The molecule has 1 nitrogen and oxygen atoms in total. The third-order valence-corrected chi connectivity index (χ3v) is 3.87. The predicted octanol–water partition coefficient (Wildman–Crippen LogP) is 5.56. The molecule has 0 bridgehead atoms. The average Bonchev–Trinajstić information content (AvgIpc) is 2.38. The fourth-order valence-electron chi connectivity index (χ4n) is 1.64. The van der Waals surface area contributed by atoms with Crippen molar-refractivity contribution in [1.82, 2.24) is 0 Å². The Labute approximate surface area is 118 Å². The molecule has 0 saturated carbocycles. The van der Waals surface area contributed by atoms with Crippen molar-refractivity contribution in [3.05, 3.63) is 63.9 Å². The van der Waals surface area contributed by atoms with Crippen molar-refractivity contribution < 1.29 is 0 Å². The Morgan fingerprint density at radius 1 is 1.12 bits per heavy atom. The zero-order chi connectivity index (χ0) is 12.3. The highest BCUT2D eigenvalue weighted by Gasteiger charge is 2.06. The van der Waals surface area contributed by atoms with Crippen molar-refractivity contribution in [2.24, 2.45) is 0 Å². The van der Waals surface area contributed by atoms with Gasteiger partial charge in [0, 0.05) is 9.80 Å². The summed E-state index contributed by atoms with van der Waals surface area (Å²) in [5.74, 6) is 0. The van der Waals surface area contributed by atoms with E-state index in [-0.39, 0.29) is 0 Å². The lowest BCUT2D eigenvalue weighted by atomic mass is 10.0. The maximum Gasteiger partial charge on any atom is 0.194 e. The Kier molecular flexibility index (Phi) is 3.98. The van der Waals surface area contributed by atoms with Crippen LogP contribution in [0.3, 0.4) is 0 Å². The molecule has 0 amide bonds. The van der Waals surface area contributed by atoms with E-state index in [0.717, 1.165) is 20.9 Å². The third kappa shape index (κ3) is 2.59. The molecule has 0 aliphatic heterocycles. The summed E-state index contributed by atoms with van der Waals surface area (Å²) in [7, 11) is 0. The molecule has 0 fully saturated rings. The van der Waals surface area contributed by atoms with E-state index in [1.54, 1.807) is 0 Å². The van der Waals surface area contributed by atoms with E-state index in [4.69, 9.17) is 6.57 Å². The zero-order valence-electron chi connectivity index (χ0n) is 8.95. The van der Waals surface area contributed by atoms with Gasteiger partial charge in [-0.05, 0) is 22.8 Å². The summed E-state index contributed by atoms with van der Waals surface area (Å²) >= 11 is 6.98. The Bertz CT molecular complexity index is 585. The number of benzene rings is 2. The molecule has 0 N–H and O–H groups in total. The monoisotopic (exact) mass is 349 g/mol. The van der Waals surface area contributed by atoms with Crippen LogP contribution in [0.1, 0.15) is 5.56 Å². The fourth-order valence-corrected chi connectivity index (χ4v) is 3.02.